The fraction of sp³-hybridized carbons (Fsp3) is 0.526. The van der Waals surface area contributed by atoms with Crippen LogP contribution in [0.15, 0.2) is 12.2 Å². The number of carbonyl (C=O) groups excluding carboxylic acids is 4. The van der Waals surface area contributed by atoms with Crippen LogP contribution in [0.3, 0.4) is 0 Å². The van der Waals surface area contributed by atoms with E-state index in [2.05, 4.69) is 21.0 Å². The summed E-state index contributed by atoms with van der Waals surface area (Å²) in [5.74, 6) is -2.15. The number of hydrogen-bond acceptors (Lipinski definition) is 5. The van der Waals surface area contributed by atoms with Crippen LogP contribution in [-0.2, 0) is 27.2 Å². The first-order valence-corrected chi connectivity index (χ1v) is 9.73. The Balaban J connectivity index is 1.19. The van der Waals surface area contributed by atoms with E-state index in [1.165, 1.54) is 0 Å². The van der Waals surface area contributed by atoms with Gasteiger partial charge in [-0.2, -0.15) is 5.10 Å². The van der Waals surface area contributed by atoms with E-state index < -0.39 is 11.8 Å². The Hall–Kier alpha value is -2.97. The first-order chi connectivity index (χ1) is 13.5. The number of aryl methyl sites for hydroxylation is 1. The largest absolute Gasteiger partial charge is 0.290 e. The van der Waals surface area contributed by atoms with Crippen molar-refractivity contribution in [3.63, 3.8) is 0 Å². The van der Waals surface area contributed by atoms with Crippen LogP contribution in [0.25, 0.3) is 0 Å². The number of amides is 4. The van der Waals surface area contributed by atoms with Crippen LogP contribution in [0.5, 0.6) is 0 Å². The predicted octanol–water partition coefficient (Wildman–Crippen LogP) is -0.143. The summed E-state index contributed by atoms with van der Waals surface area (Å²) in [6.45, 7) is -0.386. The van der Waals surface area contributed by atoms with E-state index in [1.807, 2.05) is 12.2 Å². The Morgan fingerprint density at radius 2 is 1.75 bits per heavy atom. The standard InChI is InChI=1S/C19H21N5O4/c25-13(21-23-17(26)16-11-3-1-2-4-12(11)20-22-16)8-24-18(27)14-9-5-6-10(7-9)15(14)19(24)28/h5-6,9-10,14-15H,1-4,7-8H2,(H,20,22)(H,21,25)(H,23,26). The summed E-state index contributed by atoms with van der Waals surface area (Å²) in [6.07, 6.45) is 8.55. The third-order valence-corrected chi connectivity index (χ3v) is 6.45. The van der Waals surface area contributed by atoms with E-state index in [9.17, 15) is 19.2 Å². The third kappa shape index (κ3) is 2.49. The van der Waals surface area contributed by atoms with Crippen LogP contribution in [-0.4, -0.2) is 45.3 Å². The number of H-pyrrole nitrogens is 1. The maximum Gasteiger partial charge on any atom is 0.290 e. The highest BCUT2D eigenvalue weighted by atomic mass is 16.2. The molecule has 9 nitrogen and oxygen atoms in total. The molecule has 1 aromatic rings. The lowest BCUT2D eigenvalue weighted by Crippen LogP contribution is -2.48. The van der Waals surface area contributed by atoms with Gasteiger partial charge in [-0.05, 0) is 43.9 Å². The summed E-state index contributed by atoms with van der Waals surface area (Å²) < 4.78 is 0. The Morgan fingerprint density at radius 1 is 1.07 bits per heavy atom. The van der Waals surface area contributed by atoms with Gasteiger partial charge in [0.2, 0.25) is 11.8 Å². The van der Waals surface area contributed by atoms with Gasteiger partial charge in [0.15, 0.2) is 5.69 Å². The molecule has 146 valence electrons. The molecule has 9 heteroatoms. The van der Waals surface area contributed by atoms with E-state index in [0.29, 0.717) is 0 Å². The van der Waals surface area contributed by atoms with Crippen LogP contribution in [0, 0.1) is 23.7 Å². The number of rotatable bonds is 3. The van der Waals surface area contributed by atoms with Crippen LogP contribution in [0.1, 0.15) is 41.0 Å². The second kappa shape index (κ2) is 6.29. The summed E-state index contributed by atoms with van der Waals surface area (Å²) in [7, 11) is 0. The van der Waals surface area contributed by atoms with Crippen LogP contribution in [0.4, 0.5) is 0 Å². The highest BCUT2D eigenvalue weighted by Crippen LogP contribution is 2.52. The Bertz CT molecular complexity index is 889. The van der Waals surface area contributed by atoms with Crippen molar-refractivity contribution in [1.82, 2.24) is 25.9 Å². The van der Waals surface area contributed by atoms with Gasteiger partial charge >= 0.3 is 0 Å². The highest BCUT2D eigenvalue weighted by Gasteiger charge is 2.59. The molecule has 0 aromatic carbocycles. The number of likely N-dealkylation sites (tertiary alicyclic amines) is 1. The Morgan fingerprint density at radius 3 is 2.46 bits per heavy atom. The van der Waals surface area contributed by atoms with Gasteiger partial charge in [0, 0.05) is 11.3 Å². The molecule has 4 atom stereocenters. The third-order valence-electron chi connectivity index (χ3n) is 6.45. The number of aromatic nitrogens is 2. The molecule has 2 bridgehead atoms. The molecule has 4 aliphatic rings. The number of nitrogens with zero attached hydrogens (tertiary/aromatic N) is 2. The molecule has 4 unspecified atom stereocenters. The SMILES string of the molecule is O=C(CN1C(=O)C2C3C=CC(C3)C2C1=O)NNC(=O)c1n[nH]c2c1CCCC2. The van der Waals surface area contributed by atoms with Crippen molar-refractivity contribution in [1.29, 1.82) is 0 Å². The minimum Gasteiger partial charge on any atom is -0.281 e. The average Bonchev–Trinajstić information content (AvgIpc) is 3.46. The average molecular weight is 383 g/mol. The molecule has 1 aliphatic heterocycles. The molecule has 3 aliphatic carbocycles. The summed E-state index contributed by atoms with van der Waals surface area (Å²) >= 11 is 0. The minimum absolute atomic E-state index is 0.102. The van der Waals surface area contributed by atoms with Gasteiger partial charge in [0.25, 0.3) is 11.8 Å². The highest BCUT2D eigenvalue weighted by molar-refractivity contribution is 6.08. The zero-order valence-corrected chi connectivity index (χ0v) is 15.2. The van der Waals surface area contributed by atoms with Crippen molar-refractivity contribution in [3.05, 3.63) is 29.1 Å². The van der Waals surface area contributed by atoms with Crippen LogP contribution < -0.4 is 10.9 Å². The number of fused-ring (bicyclic) bond motifs is 6. The van der Waals surface area contributed by atoms with Crippen molar-refractivity contribution in [3.8, 4) is 0 Å². The molecule has 4 amide bonds. The monoisotopic (exact) mass is 383 g/mol. The number of carbonyl (C=O) groups is 4. The van der Waals surface area contributed by atoms with E-state index >= 15 is 0 Å². The second-order valence-electron chi connectivity index (χ2n) is 8.00. The first kappa shape index (κ1) is 17.2. The van der Waals surface area contributed by atoms with Gasteiger partial charge in [-0.15, -0.1) is 0 Å². The molecule has 1 aromatic heterocycles. The van der Waals surface area contributed by atoms with Gasteiger partial charge in [-0.25, -0.2) is 0 Å². The number of hydrogen-bond donors (Lipinski definition) is 3. The van der Waals surface area contributed by atoms with E-state index in [0.717, 1.165) is 48.3 Å². The van der Waals surface area contributed by atoms with Crippen molar-refractivity contribution in [2.24, 2.45) is 23.7 Å². The topological polar surface area (TPSA) is 124 Å². The van der Waals surface area contributed by atoms with Gasteiger partial charge in [-0.1, -0.05) is 12.2 Å². The molecule has 28 heavy (non-hydrogen) atoms. The van der Waals surface area contributed by atoms with Gasteiger partial charge < -0.3 is 0 Å². The maximum absolute atomic E-state index is 12.6. The maximum atomic E-state index is 12.6. The Kier molecular flexibility index (Phi) is 3.85. The molecule has 1 saturated heterocycles. The molecule has 2 fully saturated rings. The molecule has 5 rings (SSSR count). The number of allylic oxidation sites excluding steroid dienone is 2. The second-order valence-corrected chi connectivity index (χ2v) is 8.00. The van der Waals surface area contributed by atoms with E-state index in [1.54, 1.807) is 0 Å². The molecule has 0 spiro atoms. The number of imide groups is 1. The number of nitrogens with one attached hydrogen (secondary N) is 3. The molecule has 0 radical (unpaired) electrons. The molecule has 1 saturated carbocycles. The summed E-state index contributed by atoms with van der Waals surface area (Å²) in [5.41, 5.74) is 6.76. The molecule has 3 N–H and O–H groups in total. The molecular weight excluding hydrogens is 362 g/mol. The van der Waals surface area contributed by atoms with Crippen molar-refractivity contribution < 1.29 is 19.2 Å². The quantitative estimate of drug-likeness (QED) is 0.381. The number of hydrazine groups is 1. The van der Waals surface area contributed by atoms with Crippen LogP contribution >= 0.6 is 0 Å². The van der Waals surface area contributed by atoms with Gasteiger partial charge in [0.1, 0.15) is 6.54 Å². The predicted molar refractivity (Wildman–Crippen MR) is 95.3 cm³/mol. The van der Waals surface area contributed by atoms with Crippen LogP contribution in [0.2, 0.25) is 0 Å². The molecule has 2 heterocycles. The fourth-order valence-electron chi connectivity index (χ4n) is 5.16. The fourth-order valence-corrected chi connectivity index (χ4v) is 5.16. The van der Waals surface area contributed by atoms with E-state index in [4.69, 9.17) is 0 Å². The zero-order valence-electron chi connectivity index (χ0n) is 15.2. The van der Waals surface area contributed by atoms with Crippen molar-refractivity contribution in [2.75, 3.05) is 6.54 Å². The normalized spacial score (nSPS) is 29.8. The van der Waals surface area contributed by atoms with Gasteiger partial charge in [-0.3, -0.25) is 40.0 Å². The minimum atomic E-state index is -0.611. The van der Waals surface area contributed by atoms with E-state index in [-0.39, 0.29) is 47.7 Å². The van der Waals surface area contributed by atoms with Crippen molar-refractivity contribution >= 4 is 23.6 Å². The summed E-state index contributed by atoms with van der Waals surface area (Å²) in [5, 5.41) is 6.93. The summed E-state index contributed by atoms with van der Waals surface area (Å²) in [6, 6.07) is 0. The first-order valence-electron chi connectivity index (χ1n) is 9.73. The zero-order chi connectivity index (χ0) is 19.4. The number of aromatic amines is 1. The lowest BCUT2D eigenvalue weighted by molar-refractivity contribution is -0.144. The van der Waals surface area contributed by atoms with Gasteiger partial charge in [0.05, 0.1) is 11.8 Å². The smallest absolute Gasteiger partial charge is 0.281 e. The Labute approximate surface area is 160 Å². The van der Waals surface area contributed by atoms with Crippen molar-refractivity contribution in [2.45, 2.75) is 32.1 Å². The lowest BCUT2D eigenvalue weighted by atomic mass is 9.85. The molecular formula is C19H21N5O4. The lowest BCUT2D eigenvalue weighted by Gasteiger charge is -2.17. The summed E-state index contributed by atoms with van der Waals surface area (Å²) in [4.78, 5) is 50.8.